The van der Waals surface area contributed by atoms with Crippen LogP contribution in [0.3, 0.4) is 0 Å². The van der Waals surface area contributed by atoms with Crippen molar-refractivity contribution in [2.45, 2.75) is 51.4 Å². The minimum atomic E-state index is -0.367. The van der Waals surface area contributed by atoms with Crippen LogP contribution in [0.1, 0.15) is 50.3 Å². The lowest BCUT2D eigenvalue weighted by Crippen LogP contribution is -2.41. The van der Waals surface area contributed by atoms with Gasteiger partial charge in [0.15, 0.2) is 0 Å². The zero-order valence-electron chi connectivity index (χ0n) is 17.1. The summed E-state index contributed by atoms with van der Waals surface area (Å²) in [5.74, 6) is 0.201. The number of fused-ring (bicyclic) bond motifs is 1. The zero-order valence-corrected chi connectivity index (χ0v) is 18.6. The zero-order chi connectivity index (χ0) is 20.3. The molecule has 0 radical (unpaired) electrons. The molecule has 6 heteroatoms. The van der Waals surface area contributed by atoms with E-state index in [1.165, 1.54) is 11.1 Å². The summed E-state index contributed by atoms with van der Waals surface area (Å²) < 4.78 is 12.5. The van der Waals surface area contributed by atoms with E-state index in [9.17, 15) is 0 Å². The van der Waals surface area contributed by atoms with Gasteiger partial charge in [0.2, 0.25) is 0 Å². The Hall–Kier alpha value is -1.04. The van der Waals surface area contributed by atoms with Crippen LogP contribution < -0.4 is 5.46 Å². The predicted octanol–water partition coefficient (Wildman–Crippen LogP) is 4.87. The smallest absolute Gasteiger partial charge is 0.399 e. The summed E-state index contributed by atoms with van der Waals surface area (Å²) in [6.07, 6.45) is 0. The molecule has 3 nitrogen and oxygen atoms in total. The minimum absolute atomic E-state index is 0.201. The monoisotopic (exact) mass is 417 g/mol. The average Bonchev–Trinajstić information content (AvgIpc) is 2.83. The van der Waals surface area contributed by atoms with E-state index >= 15 is 0 Å². The van der Waals surface area contributed by atoms with Crippen molar-refractivity contribution in [1.29, 1.82) is 0 Å². The SMILES string of the molecule is CN1Cc2c(Cl)cc(Cl)cc2[C@H](c2cccc(B3OC(C)(C)C(C)(C)O3)c2)C1. The van der Waals surface area contributed by atoms with Gasteiger partial charge in [-0.1, -0.05) is 47.5 Å². The molecule has 28 heavy (non-hydrogen) atoms. The van der Waals surface area contributed by atoms with E-state index in [2.05, 4.69) is 70.0 Å². The Balaban J connectivity index is 1.72. The molecule has 2 aliphatic heterocycles. The Bertz CT molecular complexity index is 899. The third-order valence-electron chi connectivity index (χ3n) is 6.33. The summed E-state index contributed by atoms with van der Waals surface area (Å²) in [5.41, 5.74) is 3.92. The van der Waals surface area contributed by atoms with Crippen LogP contribution in [-0.4, -0.2) is 36.8 Å². The molecule has 2 aliphatic rings. The number of rotatable bonds is 2. The molecule has 0 unspecified atom stereocenters. The maximum Gasteiger partial charge on any atom is 0.494 e. The summed E-state index contributed by atoms with van der Waals surface area (Å²) in [6.45, 7) is 10.1. The highest BCUT2D eigenvalue weighted by molar-refractivity contribution is 6.62. The van der Waals surface area contributed by atoms with Crippen LogP contribution in [0, 0.1) is 0 Å². The number of nitrogens with zero attached hydrogens (tertiary/aromatic N) is 1. The molecule has 0 aliphatic carbocycles. The molecule has 2 aromatic carbocycles. The van der Waals surface area contributed by atoms with Crippen LogP contribution in [-0.2, 0) is 15.9 Å². The van der Waals surface area contributed by atoms with Crippen molar-refractivity contribution in [3.8, 4) is 0 Å². The van der Waals surface area contributed by atoms with Gasteiger partial charge in [-0.3, -0.25) is 0 Å². The molecule has 0 saturated carbocycles. The fourth-order valence-corrected chi connectivity index (χ4v) is 4.60. The molecular weight excluding hydrogens is 392 g/mol. The Labute approximate surface area is 178 Å². The van der Waals surface area contributed by atoms with Crippen LogP contribution >= 0.6 is 23.2 Å². The number of hydrogen-bond acceptors (Lipinski definition) is 3. The topological polar surface area (TPSA) is 21.7 Å². The van der Waals surface area contributed by atoms with Crippen LogP contribution in [0.15, 0.2) is 36.4 Å². The Morgan fingerprint density at radius 3 is 2.39 bits per heavy atom. The third-order valence-corrected chi connectivity index (χ3v) is 6.89. The molecule has 0 aromatic heterocycles. The molecule has 0 bridgehead atoms. The summed E-state index contributed by atoms with van der Waals surface area (Å²) in [6, 6.07) is 12.4. The van der Waals surface area contributed by atoms with Gasteiger partial charge in [0.05, 0.1) is 11.2 Å². The summed E-state index contributed by atoms with van der Waals surface area (Å²) in [4.78, 5) is 2.30. The normalized spacial score (nSPS) is 23.7. The highest BCUT2D eigenvalue weighted by Crippen LogP contribution is 2.39. The quantitative estimate of drug-likeness (QED) is 0.650. The highest BCUT2D eigenvalue weighted by Gasteiger charge is 2.51. The Morgan fingerprint density at radius 1 is 1.04 bits per heavy atom. The van der Waals surface area contributed by atoms with Gasteiger partial charge in [0, 0.05) is 29.1 Å². The maximum absolute atomic E-state index is 6.51. The van der Waals surface area contributed by atoms with E-state index < -0.39 is 0 Å². The second kappa shape index (κ2) is 7.03. The second-order valence-corrected chi connectivity index (χ2v) is 9.81. The first-order chi connectivity index (χ1) is 13.1. The molecule has 1 saturated heterocycles. The summed E-state index contributed by atoms with van der Waals surface area (Å²) in [7, 11) is 1.76. The first kappa shape index (κ1) is 20.2. The van der Waals surface area contributed by atoms with Gasteiger partial charge in [0.1, 0.15) is 0 Å². The molecule has 1 fully saturated rings. The van der Waals surface area contributed by atoms with Crippen molar-refractivity contribution in [3.63, 3.8) is 0 Å². The fraction of sp³-hybridized carbons (Fsp3) is 0.455. The third kappa shape index (κ3) is 3.50. The van der Waals surface area contributed by atoms with E-state index in [-0.39, 0.29) is 24.2 Å². The number of likely N-dealkylation sites (N-methyl/N-ethyl adjacent to an activating group) is 1. The van der Waals surface area contributed by atoms with E-state index in [0.29, 0.717) is 5.02 Å². The predicted molar refractivity (Wildman–Crippen MR) is 117 cm³/mol. The van der Waals surface area contributed by atoms with Gasteiger partial charge in [-0.2, -0.15) is 0 Å². The molecular formula is C22H26BCl2NO2. The highest BCUT2D eigenvalue weighted by atomic mass is 35.5. The van der Waals surface area contributed by atoms with E-state index in [0.717, 1.165) is 29.1 Å². The summed E-state index contributed by atoms with van der Waals surface area (Å²) in [5, 5.41) is 1.42. The molecule has 0 amide bonds. The fourth-order valence-electron chi connectivity index (χ4n) is 4.03. The molecule has 148 valence electrons. The molecule has 2 heterocycles. The number of hydrogen-bond donors (Lipinski definition) is 0. The molecule has 0 spiro atoms. The average molecular weight is 418 g/mol. The van der Waals surface area contributed by atoms with Crippen molar-refractivity contribution in [1.82, 2.24) is 4.90 Å². The largest absolute Gasteiger partial charge is 0.494 e. The van der Waals surface area contributed by atoms with Crippen molar-refractivity contribution in [2.24, 2.45) is 0 Å². The van der Waals surface area contributed by atoms with Crippen molar-refractivity contribution < 1.29 is 9.31 Å². The standard InChI is InChI=1S/C22H26BCl2NO2/c1-21(2)22(3,4)28-23(27-21)15-8-6-7-14(9-15)18-12-26(5)13-19-17(18)10-16(24)11-20(19)25/h6-11,18H,12-13H2,1-5H3/t18-/m0/s1. The van der Waals surface area contributed by atoms with Gasteiger partial charge < -0.3 is 14.2 Å². The van der Waals surface area contributed by atoms with Gasteiger partial charge in [-0.15, -0.1) is 0 Å². The van der Waals surface area contributed by atoms with E-state index in [4.69, 9.17) is 32.5 Å². The van der Waals surface area contributed by atoms with Crippen LogP contribution in [0.25, 0.3) is 0 Å². The lowest BCUT2D eigenvalue weighted by Gasteiger charge is -2.33. The van der Waals surface area contributed by atoms with Crippen LogP contribution in [0.4, 0.5) is 0 Å². The maximum atomic E-state index is 6.51. The Kier molecular flexibility index (Phi) is 5.09. The van der Waals surface area contributed by atoms with Crippen LogP contribution in [0.2, 0.25) is 10.0 Å². The van der Waals surface area contributed by atoms with Gasteiger partial charge in [-0.05, 0) is 69.0 Å². The van der Waals surface area contributed by atoms with Crippen molar-refractivity contribution in [2.75, 3.05) is 13.6 Å². The van der Waals surface area contributed by atoms with E-state index in [1.54, 1.807) is 0 Å². The van der Waals surface area contributed by atoms with Gasteiger partial charge in [-0.25, -0.2) is 0 Å². The second-order valence-electron chi connectivity index (χ2n) is 8.96. The molecule has 2 aromatic rings. The van der Waals surface area contributed by atoms with Gasteiger partial charge in [0.25, 0.3) is 0 Å². The minimum Gasteiger partial charge on any atom is -0.399 e. The van der Waals surface area contributed by atoms with Crippen molar-refractivity contribution >= 4 is 35.8 Å². The molecule has 1 atom stereocenters. The molecule has 0 N–H and O–H groups in total. The first-order valence-corrected chi connectivity index (χ1v) is 10.4. The van der Waals surface area contributed by atoms with Crippen molar-refractivity contribution in [3.05, 3.63) is 63.1 Å². The Morgan fingerprint density at radius 2 is 1.71 bits per heavy atom. The van der Waals surface area contributed by atoms with Gasteiger partial charge >= 0.3 is 7.12 Å². The number of benzene rings is 2. The first-order valence-electron chi connectivity index (χ1n) is 9.69. The van der Waals surface area contributed by atoms with E-state index in [1.807, 2.05) is 6.07 Å². The lowest BCUT2D eigenvalue weighted by molar-refractivity contribution is 0.00578. The molecule has 4 rings (SSSR count). The summed E-state index contributed by atoms with van der Waals surface area (Å²) >= 11 is 12.8. The number of halogens is 2. The van der Waals surface area contributed by atoms with Crippen LogP contribution in [0.5, 0.6) is 0 Å². The lowest BCUT2D eigenvalue weighted by atomic mass is 9.76.